The molecule has 0 bridgehead atoms. The number of carbonyl (C=O) groups excluding carboxylic acids is 1. The monoisotopic (exact) mass is 250 g/mol. The van der Waals surface area contributed by atoms with Crippen LogP contribution in [0.5, 0.6) is 5.75 Å². The molecular formula is C12H7FO5. The summed E-state index contributed by atoms with van der Waals surface area (Å²) in [4.78, 5) is 21.2. The number of aldehydes is 1. The number of phenolic OH excluding ortho intramolecular Hbond substituents is 1. The fourth-order valence-corrected chi connectivity index (χ4v) is 1.47. The molecule has 5 nitrogen and oxygen atoms in total. The predicted molar refractivity (Wildman–Crippen MR) is 58.1 cm³/mol. The number of halogens is 1. The first-order chi connectivity index (χ1) is 8.52. The molecule has 0 aliphatic rings. The average Bonchev–Trinajstić information content (AvgIpc) is 2.80. The van der Waals surface area contributed by atoms with E-state index in [9.17, 15) is 19.1 Å². The maximum atomic E-state index is 13.3. The Kier molecular flexibility index (Phi) is 2.85. The van der Waals surface area contributed by atoms with Crippen molar-refractivity contribution in [2.24, 2.45) is 0 Å². The fraction of sp³-hybridized carbons (Fsp3) is 0. The Morgan fingerprint density at radius 3 is 2.61 bits per heavy atom. The number of phenols is 1. The third-order valence-electron chi connectivity index (χ3n) is 2.32. The summed E-state index contributed by atoms with van der Waals surface area (Å²) in [5.74, 6) is -3.14. The molecule has 0 fully saturated rings. The van der Waals surface area contributed by atoms with Crippen molar-refractivity contribution in [2.75, 3.05) is 0 Å². The molecule has 0 saturated carbocycles. The molecule has 18 heavy (non-hydrogen) atoms. The molecule has 6 heteroatoms. The zero-order chi connectivity index (χ0) is 13.3. The van der Waals surface area contributed by atoms with E-state index in [1.54, 1.807) is 0 Å². The molecule has 1 aromatic heterocycles. The number of carboxylic acid groups (broad SMARTS) is 1. The molecule has 1 aromatic carbocycles. The topological polar surface area (TPSA) is 87.7 Å². The fourth-order valence-electron chi connectivity index (χ4n) is 1.47. The zero-order valence-corrected chi connectivity index (χ0v) is 8.88. The Balaban J connectivity index is 2.62. The van der Waals surface area contributed by atoms with Crippen LogP contribution in [0.25, 0.3) is 11.3 Å². The van der Waals surface area contributed by atoms with Gasteiger partial charge in [0.1, 0.15) is 5.76 Å². The molecule has 2 aromatic rings. The Bertz CT molecular complexity index is 629. The number of hydrogen-bond acceptors (Lipinski definition) is 4. The summed E-state index contributed by atoms with van der Waals surface area (Å²) < 4.78 is 18.4. The van der Waals surface area contributed by atoms with E-state index >= 15 is 0 Å². The van der Waals surface area contributed by atoms with E-state index < -0.39 is 17.5 Å². The van der Waals surface area contributed by atoms with Crippen LogP contribution in [-0.4, -0.2) is 22.5 Å². The minimum absolute atomic E-state index is 0.00876. The van der Waals surface area contributed by atoms with E-state index in [0.29, 0.717) is 12.4 Å². The van der Waals surface area contributed by atoms with Crippen LogP contribution in [0.1, 0.15) is 20.9 Å². The zero-order valence-electron chi connectivity index (χ0n) is 8.88. The van der Waals surface area contributed by atoms with Gasteiger partial charge in [0.05, 0.1) is 11.1 Å². The maximum absolute atomic E-state index is 13.3. The average molecular weight is 250 g/mol. The van der Waals surface area contributed by atoms with E-state index in [1.165, 1.54) is 12.1 Å². The van der Waals surface area contributed by atoms with Gasteiger partial charge in [-0.15, -0.1) is 0 Å². The highest BCUT2D eigenvalue weighted by atomic mass is 19.1. The van der Waals surface area contributed by atoms with Gasteiger partial charge >= 0.3 is 5.97 Å². The van der Waals surface area contributed by atoms with Gasteiger partial charge in [0, 0.05) is 0 Å². The number of aromatic hydroxyl groups is 1. The number of carboxylic acids is 1. The van der Waals surface area contributed by atoms with Crippen molar-refractivity contribution >= 4 is 12.3 Å². The van der Waals surface area contributed by atoms with Crippen molar-refractivity contribution in [1.29, 1.82) is 0 Å². The van der Waals surface area contributed by atoms with Crippen LogP contribution < -0.4 is 0 Å². The standard InChI is InChI=1S/C12H7FO5/c13-9-4-6(12(16)17)3-8(11(9)15)10-2-1-7(5-14)18-10/h1-5,15H,(H,16,17). The molecule has 0 aliphatic carbocycles. The summed E-state index contributed by atoms with van der Waals surface area (Å²) in [5, 5.41) is 18.3. The molecular weight excluding hydrogens is 243 g/mol. The molecule has 0 amide bonds. The molecule has 0 spiro atoms. The summed E-state index contributed by atoms with van der Waals surface area (Å²) >= 11 is 0. The van der Waals surface area contributed by atoms with Gasteiger partial charge in [-0.25, -0.2) is 9.18 Å². The maximum Gasteiger partial charge on any atom is 0.335 e. The molecule has 0 atom stereocenters. The lowest BCUT2D eigenvalue weighted by molar-refractivity contribution is 0.0696. The number of carbonyl (C=O) groups is 2. The quantitative estimate of drug-likeness (QED) is 0.816. The molecule has 0 aliphatic heterocycles. The van der Waals surface area contributed by atoms with Crippen molar-refractivity contribution < 1.29 is 28.6 Å². The van der Waals surface area contributed by atoms with Gasteiger partial charge < -0.3 is 14.6 Å². The summed E-state index contributed by atoms with van der Waals surface area (Å²) in [5.41, 5.74) is -0.454. The molecule has 1 heterocycles. The van der Waals surface area contributed by atoms with Crippen LogP contribution in [-0.2, 0) is 0 Å². The summed E-state index contributed by atoms with van der Waals surface area (Å²) in [7, 11) is 0. The SMILES string of the molecule is O=Cc1ccc(-c2cc(C(=O)O)cc(F)c2O)o1. The summed E-state index contributed by atoms with van der Waals surface area (Å²) in [6.07, 6.45) is 0.442. The van der Waals surface area contributed by atoms with Crippen LogP contribution in [0.4, 0.5) is 4.39 Å². The van der Waals surface area contributed by atoms with E-state index in [-0.39, 0.29) is 22.6 Å². The lowest BCUT2D eigenvalue weighted by Gasteiger charge is -2.04. The van der Waals surface area contributed by atoms with E-state index in [4.69, 9.17) is 9.52 Å². The molecule has 0 radical (unpaired) electrons. The number of hydrogen-bond donors (Lipinski definition) is 2. The first kappa shape index (κ1) is 11.8. The highest BCUT2D eigenvalue weighted by molar-refractivity contribution is 5.90. The molecule has 0 saturated heterocycles. The number of rotatable bonds is 3. The second-order valence-corrected chi connectivity index (χ2v) is 3.48. The van der Waals surface area contributed by atoms with Crippen LogP contribution in [0, 0.1) is 5.82 Å². The minimum atomic E-state index is -1.34. The highest BCUT2D eigenvalue weighted by Gasteiger charge is 2.17. The van der Waals surface area contributed by atoms with Gasteiger partial charge in [0.25, 0.3) is 0 Å². The molecule has 0 unspecified atom stereocenters. The van der Waals surface area contributed by atoms with E-state index in [1.807, 2.05) is 0 Å². The third kappa shape index (κ3) is 1.95. The van der Waals surface area contributed by atoms with Crippen LogP contribution in [0.3, 0.4) is 0 Å². The van der Waals surface area contributed by atoms with Gasteiger partial charge in [-0.05, 0) is 24.3 Å². The van der Waals surface area contributed by atoms with Crippen molar-refractivity contribution in [2.45, 2.75) is 0 Å². The Hall–Kier alpha value is -2.63. The highest BCUT2D eigenvalue weighted by Crippen LogP contribution is 2.33. The van der Waals surface area contributed by atoms with Crippen molar-refractivity contribution in [3.8, 4) is 17.1 Å². The van der Waals surface area contributed by atoms with Crippen LogP contribution in [0.15, 0.2) is 28.7 Å². The van der Waals surface area contributed by atoms with Crippen molar-refractivity contribution in [1.82, 2.24) is 0 Å². The first-order valence-corrected chi connectivity index (χ1v) is 4.84. The Morgan fingerprint density at radius 1 is 1.33 bits per heavy atom. The van der Waals surface area contributed by atoms with Gasteiger partial charge in [-0.2, -0.15) is 0 Å². The normalized spacial score (nSPS) is 10.3. The Morgan fingerprint density at radius 2 is 2.06 bits per heavy atom. The second kappa shape index (κ2) is 4.33. The molecule has 92 valence electrons. The smallest absolute Gasteiger partial charge is 0.335 e. The number of furan rings is 1. The minimum Gasteiger partial charge on any atom is -0.504 e. The lowest BCUT2D eigenvalue weighted by atomic mass is 10.1. The van der Waals surface area contributed by atoms with Crippen molar-refractivity contribution in [3.05, 3.63) is 41.4 Å². The third-order valence-corrected chi connectivity index (χ3v) is 2.32. The largest absolute Gasteiger partial charge is 0.504 e. The second-order valence-electron chi connectivity index (χ2n) is 3.48. The number of benzene rings is 1. The predicted octanol–water partition coefficient (Wildman–Crippen LogP) is 2.30. The first-order valence-electron chi connectivity index (χ1n) is 4.84. The van der Waals surface area contributed by atoms with E-state index in [0.717, 1.165) is 6.07 Å². The van der Waals surface area contributed by atoms with E-state index in [2.05, 4.69) is 0 Å². The van der Waals surface area contributed by atoms with Crippen LogP contribution >= 0.6 is 0 Å². The molecule has 2 rings (SSSR count). The van der Waals surface area contributed by atoms with Gasteiger partial charge in [0.15, 0.2) is 23.6 Å². The summed E-state index contributed by atoms with van der Waals surface area (Å²) in [6.45, 7) is 0. The number of aromatic carboxylic acids is 1. The van der Waals surface area contributed by atoms with Gasteiger partial charge in [0.2, 0.25) is 0 Å². The van der Waals surface area contributed by atoms with Crippen molar-refractivity contribution in [3.63, 3.8) is 0 Å². The van der Waals surface area contributed by atoms with Gasteiger partial charge in [-0.3, -0.25) is 4.79 Å². The van der Waals surface area contributed by atoms with Crippen LogP contribution in [0.2, 0.25) is 0 Å². The summed E-state index contributed by atoms with van der Waals surface area (Å²) in [6, 6.07) is 4.43. The molecule has 2 N–H and O–H groups in total. The lowest BCUT2D eigenvalue weighted by Crippen LogP contribution is -1.98. The van der Waals surface area contributed by atoms with Gasteiger partial charge in [-0.1, -0.05) is 0 Å². The Labute approximate surface area is 100 Å².